The number of piperidine rings is 1. The van der Waals surface area contributed by atoms with E-state index in [-0.39, 0.29) is 24.6 Å². The first-order valence-corrected chi connectivity index (χ1v) is 9.64. The van der Waals surface area contributed by atoms with E-state index < -0.39 is 0 Å². The molecule has 28 heavy (non-hydrogen) atoms. The molecule has 0 spiro atoms. The Balaban J connectivity index is 1.64. The van der Waals surface area contributed by atoms with Gasteiger partial charge in [-0.3, -0.25) is 4.79 Å². The number of hydrogen-bond acceptors (Lipinski definition) is 4. The third-order valence-corrected chi connectivity index (χ3v) is 4.98. The number of aliphatic hydroxyl groups excluding tert-OH is 1. The summed E-state index contributed by atoms with van der Waals surface area (Å²) in [4.78, 5) is 26.2. The van der Waals surface area contributed by atoms with Crippen LogP contribution >= 0.6 is 0 Å². The number of benzene rings is 2. The molecule has 0 atom stereocenters. The molecule has 3 rings (SSSR count). The predicted molar refractivity (Wildman–Crippen MR) is 107 cm³/mol. The van der Waals surface area contributed by atoms with Crippen LogP contribution in [0.15, 0.2) is 48.5 Å². The van der Waals surface area contributed by atoms with Crippen molar-refractivity contribution >= 4 is 12.0 Å². The van der Waals surface area contributed by atoms with E-state index in [2.05, 4.69) is 5.32 Å². The van der Waals surface area contributed by atoms with Gasteiger partial charge in [0.1, 0.15) is 0 Å². The summed E-state index contributed by atoms with van der Waals surface area (Å²) in [6.07, 6.45) is 1.12. The molecule has 2 aromatic carbocycles. The highest BCUT2D eigenvalue weighted by Gasteiger charge is 2.24. The number of likely N-dealkylation sites (tertiary alicyclic amines) is 1. The van der Waals surface area contributed by atoms with Crippen LogP contribution in [0.5, 0.6) is 0 Å². The molecule has 1 aliphatic rings. The van der Waals surface area contributed by atoms with Gasteiger partial charge in [-0.05, 0) is 48.6 Å². The number of nitrogens with one attached hydrogen (secondary N) is 1. The number of amides is 2. The van der Waals surface area contributed by atoms with Crippen molar-refractivity contribution < 1.29 is 19.4 Å². The van der Waals surface area contributed by atoms with Crippen molar-refractivity contribution in [1.29, 1.82) is 0 Å². The Morgan fingerprint density at radius 1 is 1.14 bits per heavy atom. The van der Waals surface area contributed by atoms with Gasteiger partial charge in [-0.2, -0.15) is 0 Å². The number of hydrogen-bond donors (Lipinski definition) is 2. The summed E-state index contributed by atoms with van der Waals surface area (Å²) in [6.45, 7) is 3.26. The minimum atomic E-state index is -0.289. The zero-order chi connectivity index (χ0) is 19.9. The van der Waals surface area contributed by atoms with Crippen LogP contribution in [0.1, 0.15) is 35.7 Å². The van der Waals surface area contributed by atoms with E-state index in [0.717, 1.165) is 16.7 Å². The fraction of sp³-hybridized carbons (Fsp3) is 0.364. The maximum Gasteiger partial charge on any atom is 0.409 e. The molecule has 0 radical (unpaired) electrons. The van der Waals surface area contributed by atoms with E-state index >= 15 is 0 Å². The van der Waals surface area contributed by atoms with Crippen LogP contribution in [0.4, 0.5) is 4.79 Å². The molecule has 1 saturated heterocycles. The molecule has 0 bridgehead atoms. The van der Waals surface area contributed by atoms with Crippen molar-refractivity contribution in [2.45, 2.75) is 32.4 Å². The standard InChI is InChI=1S/C22H26N2O4/c1-2-28-22(27)24-12-10-19(11-13-24)23-21(26)17-8-5-7-16(14-17)20-9-4-3-6-18(20)15-25/h3-9,14,19,25H,2,10-13,15H2,1H3,(H,23,26). The molecular weight excluding hydrogens is 356 g/mol. The molecule has 6 nitrogen and oxygen atoms in total. The average Bonchev–Trinajstić information content (AvgIpc) is 2.74. The van der Waals surface area contributed by atoms with Gasteiger partial charge in [0.25, 0.3) is 5.91 Å². The van der Waals surface area contributed by atoms with Crippen LogP contribution in [0.25, 0.3) is 11.1 Å². The first-order valence-electron chi connectivity index (χ1n) is 9.64. The molecule has 2 N–H and O–H groups in total. The van der Waals surface area contributed by atoms with Gasteiger partial charge in [0.2, 0.25) is 0 Å². The summed E-state index contributed by atoms with van der Waals surface area (Å²) >= 11 is 0. The molecule has 0 saturated carbocycles. The number of aliphatic hydroxyl groups is 1. The Labute approximate surface area is 165 Å². The third-order valence-electron chi connectivity index (χ3n) is 4.98. The summed E-state index contributed by atoms with van der Waals surface area (Å²) in [5.74, 6) is -0.127. The van der Waals surface area contributed by atoms with Crippen molar-refractivity contribution in [3.05, 3.63) is 59.7 Å². The van der Waals surface area contributed by atoms with Gasteiger partial charge in [-0.15, -0.1) is 0 Å². The van der Waals surface area contributed by atoms with Gasteiger partial charge in [-0.1, -0.05) is 36.4 Å². The normalized spacial score (nSPS) is 14.6. The first-order chi connectivity index (χ1) is 13.6. The fourth-order valence-electron chi connectivity index (χ4n) is 3.46. The molecule has 6 heteroatoms. The molecule has 0 aromatic heterocycles. The lowest BCUT2D eigenvalue weighted by atomic mass is 9.98. The molecule has 148 valence electrons. The predicted octanol–water partition coefficient (Wildman–Crippen LogP) is 3.20. The van der Waals surface area contributed by atoms with Gasteiger partial charge < -0.3 is 20.1 Å². The lowest BCUT2D eigenvalue weighted by molar-refractivity contribution is 0.0860. The molecule has 1 fully saturated rings. The molecule has 2 amide bonds. The number of carbonyl (C=O) groups is 2. The van der Waals surface area contributed by atoms with Gasteiger partial charge in [0.15, 0.2) is 0 Å². The van der Waals surface area contributed by atoms with E-state index in [1.165, 1.54) is 0 Å². The Morgan fingerprint density at radius 3 is 2.61 bits per heavy atom. The van der Waals surface area contributed by atoms with Gasteiger partial charge >= 0.3 is 6.09 Å². The number of rotatable bonds is 5. The third kappa shape index (κ3) is 4.70. The van der Waals surface area contributed by atoms with Crippen molar-refractivity contribution in [2.24, 2.45) is 0 Å². The molecule has 1 heterocycles. The Kier molecular flexibility index (Phi) is 6.66. The molecule has 0 unspecified atom stereocenters. The minimum absolute atomic E-state index is 0.0339. The Bertz CT molecular complexity index is 829. The number of nitrogens with zero attached hydrogens (tertiary/aromatic N) is 1. The second-order valence-corrected chi connectivity index (χ2v) is 6.83. The second-order valence-electron chi connectivity index (χ2n) is 6.83. The van der Waals surface area contributed by atoms with E-state index in [9.17, 15) is 14.7 Å². The van der Waals surface area contributed by atoms with E-state index in [0.29, 0.717) is 38.1 Å². The number of carbonyl (C=O) groups excluding carboxylic acids is 2. The van der Waals surface area contributed by atoms with Crippen LogP contribution in [-0.4, -0.2) is 47.7 Å². The van der Waals surface area contributed by atoms with Gasteiger partial charge in [0, 0.05) is 24.7 Å². The van der Waals surface area contributed by atoms with Crippen LogP contribution in [-0.2, 0) is 11.3 Å². The highest BCUT2D eigenvalue weighted by Crippen LogP contribution is 2.25. The topological polar surface area (TPSA) is 78.9 Å². The van der Waals surface area contributed by atoms with Crippen LogP contribution < -0.4 is 5.32 Å². The number of ether oxygens (including phenoxy) is 1. The summed E-state index contributed by atoms with van der Waals surface area (Å²) in [5, 5.41) is 12.6. The van der Waals surface area contributed by atoms with Crippen molar-refractivity contribution in [2.75, 3.05) is 19.7 Å². The molecule has 1 aliphatic heterocycles. The van der Waals surface area contributed by atoms with Crippen molar-refractivity contribution in [3.8, 4) is 11.1 Å². The quantitative estimate of drug-likeness (QED) is 0.832. The summed E-state index contributed by atoms with van der Waals surface area (Å²) in [5.41, 5.74) is 3.22. The summed E-state index contributed by atoms with van der Waals surface area (Å²) in [7, 11) is 0. The van der Waals surface area contributed by atoms with Crippen LogP contribution in [0, 0.1) is 0 Å². The van der Waals surface area contributed by atoms with Gasteiger partial charge in [0.05, 0.1) is 13.2 Å². The Morgan fingerprint density at radius 2 is 1.89 bits per heavy atom. The highest BCUT2D eigenvalue weighted by atomic mass is 16.6. The fourth-order valence-corrected chi connectivity index (χ4v) is 3.46. The SMILES string of the molecule is CCOC(=O)N1CCC(NC(=O)c2cccc(-c3ccccc3CO)c2)CC1. The largest absolute Gasteiger partial charge is 0.450 e. The molecular formula is C22H26N2O4. The molecule has 0 aliphatic carbocycles. The van der Waals surface area contributed by atoms with Crippen LogP contribution in [0.2, 0.25) is 0 Å². The van der Waals surface area contributed by atoms with E-state index in [1.807, 2.05) is 42.5 Å². The minimum Gasteiger partial charge on any atom is -0.450 e. The highest BCUT2D eigenvalue weighted by molar-refractivity contribution is 5.95. The maximum absolute atomic E-state index is 12.7. The van der Waals surface area contributed by atoms with E-state index in [1.54, 1.807) is 17.9 Å². The smallest absolute Gasteiger partial charge is 0.409 e. The lowest BCUT2D eigenvalue weighted by Crippen LogP contribution is -2.46. The average molecular weight is 382 g/mol. The summed E-state index contributed by atoms with van der Waals surface area (Å²) in [6, 6.07) is 15.1. The first kappa shape index (κ1) is 19.9. The molecule has 2 aromatic rings. The van der Waals surface area contributed by atoms with Crippen molar-refractivity contribution in [1.82, 2.24) is 10.2 Å². The maximum atomic E-state index is 12.7. The monoisotopic (exact) mass is 382 g/mol. The van der Waals surface area contributed by atoms with E-state index in [4.69, 9.17) is 4.74 Å². The van der Waals surface area contributed by atoms with Gasteiger partial charge in [-0.25, -0.2) is 4.79 Å². The summed E-state index contributed by atoms with van der Waals surface area (Å²) < 4.78 is 5.02. The lowest BCUT2D eigenvalue weighted by Gasteiger charge is -2.31. The van der Waals surface area contributed by atoms with Crippen LogP contribution in [0.3, 0.4) is 0 Å². The van der Waals surface area contributed by atoms with Crippen molar-refractivity contribution in [3.63, 3.8) is 0 Å². The zero-order valence-electron chi connectivity index (χ0n) is 16.1. The zero-order valence-corrected chi connectivity index (χ0v) is 16.1. The second kappa shape index (κ2) is 9.37. The Hall–Kier alpha value is -2.86.